The van der Waals surface area contributed by atoms with Crippen molar-refractivity contribution in [2.24, 2.45) is 7.05 Å². The highest BCUT2D eigenvalue weighted by Crippen LogP contribution is 2.38. The molecule has 0 fully saturated rings. The quantitative estimate of drug-likeness (QED) is 0.300. The van der Waals surface area contributed by atoms with Gasteiger partial charge in [0.15, 0.2) is 0 Å². The number of hydrogen-bond acceptors (Lipinski definition) is 0. The van der Waals surface area contributed by atoms with Gasteiger partial charge in [0.1, 0.15) is 0 Å². The van der Waals surface area contributed by atoms with Crippen molar-refractivity contribution >= 4 is 66.5 Å². The first-order valence-corrected chi connectivity index (χ1v) is 8.29. The van der Waals surface area contributed by atoms with E-state index >= 15 is 0 Å². The molecule has 0 unspecified atom stereocenters. The Morgan fingerprint density at radius 3 is 1.91 bits per heavy atom. The van der Waals surface area contributed by atoms with Gasteiger partial charge in [-0.2, -0.15) is 0 Å². The fourth-order valence-electron chi connectivity index (χ4n) is 3.66. The number of nitrogens with zero attached hydrogens (tertiary/aromatic N) is 2. The second-order valence-electron chi connectivity index (χ2n) is 5.73. The fraction of sp³-hybridized carbons (Fsp3) is 0.0526. The SMILES string of the molecule is Cn1c2ccccc2c2ccc3c4ccccc4n(I)c3c21. The van der Waals surface area contributed by atoms with Crippen molar-refractivity contribution in [3.05, 3.63) is 60.7 Å². The molecule has 22 heavy (non-hydrogen) atoms. The number of para-hydroxylation sites is 2. The standard InChI is InChI=1S/C19H13IN2/c1-21-16-8-4-2-6-12(16)14-10-11-15-13-7-3-5-9-17(13)22(20)19(15)18(14)21/h2-11H,1H3. The third-order valence-corrected chi connectivity index (χ3v) is 5.65. The van der Waals surface area contributed by atoms with Gasteiger partial charge in [0, 0.05) is 34.1 Å². The first kappa shape index (κ1) is 12.5. The van der Waals surface area contributed by atoms with E-state index in [9.17, 15) is 0 Å². The van der Waals surface area contributed by atoms with Crippen LogP contribution in [0.2, 0.25) is 0 Å². The van der Waals surface area contributed by atoms with Gasteiger partial charge < -0.3 is 4.57 Å². The van der Waals surface area contributed by atoms with Gasteiger partial charge in [-0.3, -0.25) is 2.78 Å². The van der Waals surface area contributed by atoms with Crippen LogP contribution in [0.5, 0.6) is 0 Å². The van der Waals surface area contributed by atoms with Crippen LogP contribution in [0.25, 0.3) is 43.6 Å². The molecule has 5 rings (SSSR count). The molecule has 106 valence electrons. The Morgan fingerprint density at radius 2 is 1.18 bits per heavy atom. The van der Waals surface area contributed by atoms with Gasteiger partial charge in [-0.05, 0) is 12.1 Å². The maximum atomic E-state index is 2.42. The normalized spacial score (nSPS) is 12.1. The van der Waals surface area contributed by atoms with E-state index in [1.54, 1.807) is 0 Å². The molecule has 0 aliphatic carbocycles. The van der Waals surface area contributed by atoms with Gasteiger partial charge in [0.2, 0.25) is 0 Å². The van der Waals surface area contributed by atoms with Crippen molar-refractivity contribution in [3.8, 4) is 0 Å². The Balaban J connectivity index is 2.18. The van der Waals surface area contributed by atoms with Gasteiger partial charge in [-0.25, -0.2) is 0 Å². The summed E-state index contributed by atoms with van der Waals surface area (Å²) in [6, 6.07) is 21.8. The Labute approximate surface area is 141 Å². The van der Waals surface area contributed by atoms with Gasteiger partial charge >= 0.3 is 0 Å². The average Bonchev–Trinajstić information content (AvgIpc) is 3.02. The lowest BCUT2D eigenvalue weighted by atomic mass is 10.1. The lowest BCUT2D eigenvalue weighted by Gasteiger charge is -2.02. The van der Waals surface area contributed by atoms with E-state index in [-0.39, 0.29) is 0 Å². The van der Waals surface area contributed by atoms with E-state index in [0.717, 1.165) is 0 Å². The van der Waals surface area contributed by atoms with Crippen molar-refractivity contribution in [1.29, 1.82) is 0 Å². The molecule has 0 N–H and O–H groups in total. The molecule has 0 aliphatic heterocycles. The average molecular weight is 396 g/mol. The van der Waals surface area contributed by atoms with Gasteiger partial charge in [-0.1, -0.05) is 48.5 Å². The number of benzene rings is 3. The smallest absolute Gasteiger partial charge is 0.0833 e. The second kappa shape index (κ2) is 4.26. The summed E-state index contributed by atoms with van der Waals surface area (Å²) < 4.78 is 4.62. The van der Waals surface area contributed by atoms with Crippen LogP contribution in [0, 0.1) is 0 Å². The number of rotatable bonds is 0. The van der Waals surface area contributed by atoms with E-state index in [4.69, 9.17) is 0 Å². The van der Waals surface area contributed by atoms with Crippen molar-refractivity contribution < 1.29 is 0 Å². The van der Waals surface area contributed by atoms with Crippen LogP contribution in [0.4, 0.5) is 0 Å². The third-order valence-electron chi connectivity index (χ3n) is 4.64. The van der Waals surface area contributed by atoms with Crippen molar-refractivity contribution in [1.82, 2.24) is 7.35 Å². The summed E-state index contributed by atoms with van der Waals surface area (Å²) in [7, 11) is 2.17. The number of halogens is 1. The Morgan fingerprint density at radius 1 is 0.636 bits per heavy atom. The molecule has 5 aromatic rings. The molecule has 0 aliphatic rings. The predicted octanol–water partition coefficient (Wildman–Crippen LogP) is 5.64. The number of aryl methyl sites for hydroxylation is 1. The second-order valence-corrected chi connectivity index (χ2v) is 6.70. The lowest BCUT2D eigenvalue weighted by Crippen LogP contribution is -1.89. The molecule has 0 saturated heterocycles. The number of fused-ring (bicyclic) bond motifs is 7. The molecule has 0 spiro atoms. The zero-order chi connectivity index (χ0) is 14.8. The monoisotopic (exact) mass is 396 g/mol. The summed E-state index contributed by atoms with van der Waals surface area (Å²) in [5.74, 6) is 0. The predicted molar refractivity (Wildman–Crippen MR) is 103 cm³/mol. The molecule has 3 aromatic carbocycles. The van der Waals surface area contributed by atoms with Gasteiger partial charge in [0.25, 0.3) is 0 Å². The molecule has 0 amide bonds. The van der Waals surface area contributed by atoms with Crippen molar-refractivity contribution in [2.45, 2.75) is 0 Å². The molecular weight excluding hydrogens is 383 g/mol. The van der Waals surface area contributed by atoms with E-state index in [2.05, 4.69) is 97.9 Å². The summed E-state index contributed by atoms with van der Waals surface area (Å²) in [6.07, 6.45) is 0. The van der Waals surface area contributed by atoms with Crippen LogP contribution in [-0.4, -0.2) is 7.35 Å². The molecule has 3 heteroatoms. The van der Waals surface area contributed by atoms with E-state index in [0.29, 0.717) is 0 Å². The van der Waals surface area contributed by atoms with Crippen molar-refractivity contribution in [3.63, 3.8) is 0 Å². The Hall–Kier alpha value is -2.01. The van der Waals surface area contributed by atoms with Crippen molar-refractivity contribution in [2.75, 3.05) is 0 Å². The zero-order valence-corrected chi connectivity index (χ0v) is 14.2. The molecule has 0 atom stereocenters. The zero-order valence-electron chi connectivity index (χ0n) is 12.0. The fourth-order valence-corrected chi connectivity index (χ4v) is 4.57. The lowest BCUT2D eigenvalue weighted by molar-refractivity contribution is 1.02. The molecule has 0 radical (unpaired) electrons. The van der Waals surface area contributed by atoms with Crippen LogP contribution in [-0.2, 0) is 7.05 Å². The minimum Gasteiger partial charge on any atom is -0.342 e. The minimum atomic E-state index is 1.27. The first-order chi connectivity index (χ1) is 10.8. The summed E-state index contributed by atoms with van der Waals surface area (Å²) >= 11 is 2.42. The molecule has 0 bridgehead atoms. The van der Waals surface area contributed by atoms with Gasteiger partial charge in [-0.15, -0.1) is 0 Å². The van der Waals surface area contributed by atoms with Crippen LogP contribution < -0.4 is 0 Å². The number of aromatic nitrogens is 2. The van der Waals surface area contributed by atoms with Crippen LogP contribution in [0.15, 0.2) is 60.7 Å². The maximum Gasteiger partial charge on any atom is 0.0833 e. The van der Waals surface area contributed by atoms with E-state index in [1.807, 2.05) is 0 Å². The molecular formula is C19H13IN2. The largest absolute Gasteiger partial charge is 0.342 e. The highest BCUT2D eigenvalue weighted by Gasteiger charge is 2.16. The molecule has 2 nitrogen and oxygen atoms in total. The van der Waals surface area contributed by atoms with E-state index in [1.165, 1.54) is 43.6 Å². The topological polar surface area (TPSA) is 9.86 Å². The van der Waals surface area contributed by atoms with Crippen LogP contribution in [0.3, 0.4) is 0 Å². The van der Waals surface area contributed by atoms with Gasteiger partial charge in [0.05, 0.1) is 39.4 Å². The summed E-state index contributed by atoms with van der Waals surface area (Å²) in [6.45, 7) is 0. The molecule has 2 heterocycles. The number of hydrogen-bond donors (Lipinski definition) is 0. The summed E-state index contributed by atoms with van der Waals surface area (Å²) in [5.41, 5.74) is 5.17. The van der Waals surface area contributed by atoms with E-state index < -0.39 is 0 Å². The van der Waals surface area contributed by atoms with Crippen LogP contribution in [0.1, 0.15) is 0 Å². The summed E-state index contributed by atoms with van der Waals surface area (Å²) in [4.78, 5) is 0. The highest BCUT2D eigenvalue weighted by atomic mass is 127. The van der Waals surface area contributed by atoms with Crippen LogP contribution >= 0.6 is 22.9 Å². The molecule has 2 aromatic heterocycles. The highest BCUT2D eigenvalue weighted by molar-refractivity contribution is 14.1. The Kier molecular flexibility index (Phi) is 2.42. The summed E-state index contributed by atoms with van der Waals surface area (Å²) in [5, 5.41) is 5.29. The maximum absolute atomic E-state index is 2.42. The third kappa shape index (κ3) is 1.40. The Bertz CT molecular complexity index is 1100. The first-order valence-electron chi connectivity index (χ1n) is 7.33. The molecule has 0 saturated carbocycles. The minimum absolute atomic E-state index is 1.27.